The van der Waals surface area contributed by atoms with E-state index in [9.17, 15) is 14.4 Å². The van der Waals surface area contributed by atoms with Gasteiger partial charge < -0.3 is 40.8 Å². The summed E-state index contributed by atoms with van der Waals surface area (Å²) in [5.74, 6) is 0.413. The van der Waals surface area contributed by atoms with Crippen molar-refractivity contribution in [3.05, 3.63) is 85.7 Å². The Hall–Kier alpha value is -8.61. The Balaban J connectivity index is 0.000000218. The van der Waals surface area contributed by atoms with Crippen molar-refractivity contribution in [2.45, 2.75) is 104 Å². The Morgan fingerprint density at radius 2 is 1.05 bits per heavy atom. The van der Waals surface area contributed by atoms with E-state index in [4.69, 9.17) is 30.2 Å². The number of carbonyl (C=O) groups excluding carboxylic acids is 1. The number of benzene rings is 2. The summed E-state index contributed by atoms with van der Waals surface area (Å²) in [5.41, 5.74) is 10.3. The summed E-state index contributed by atoms with van der Waals surface area (Å²) in [6.45, 7) is 8.49. The molecule has 0 spiro atoms. The molecule has 2 aromatic carbocycles. The second-order valence-electron chi connectivity index (χ2n) is 17.6. The predicted octanol–water partition coefficient (Wildman–Crippen LogP) is 6.43. The van der Waals surface area contributed by atoms with Gasteiger partial charge in [-0.1, -0.05) is 10.4 Å². The molecule has 0 amide bonds. The van der Waals surface area contributed by atoms with Gasteiger partial charge in [-0.25, -0.2) is 9.97 Å². The van der Waals surface area contributed by atoms with Crippen molar-refractivity contribution in [2.75, 3.05) is 30.4 Å². The third-order valence-corrected chi connectivity index (χ3v) is 10.5. The van der Waals surface area contributed by atoms with Crippen molar-refractivity contribution in [3.63, 3.8) is 0 Å². The highest BCUT2D eigenvalue weighted by Crippen LogP contribution is 2.23. The molecule has 6 aromatic heterocycles. The molecule has 0 saturated heterocycles. The zero-order valence-corrected chi connectivity index (χ0v) is 40.9. The summed E-state index contributed by atoms with van der Waals surface area (Å²) in [6.07, 6.45) is 15.9. The number of unbranched alkanes of at least 4 members (excludes halogenated alkanes) is 3. The molecule has 0 aliphatic rings. The van der Waals surface area contributed by atoms with Crippen molar-refractivity contribution in [2.24, 2.45) is 5.73 Å². The van der Waals surface area contributed by atoms with Gasteiger partial charge in [0, 0.05) is 43.7 Å². The summed E-state index contributed by atoms with van der Waals surface area (Å²) >= 11 is 0. The van der Waals surface area contributed by atoms with Gasteiger partial charge in [0.1, 0.15) is 28.5 Å². The number of hydrogen-bond acceptors (Lipinski definition) is 19. The van der Waals surface area contributed by atoms with Gasteiger partial charge in [0.2, 0.25) is 11.9 Å². The summed E-state index contributed by atoms with van der Waals surface area (Å²) in [4.78, 5) is 50.8. The van der Waals surface area contributed by atoms with Crippen LogP contribution < -0.4 is 25.8 Å². The number of carbonyl (C=O) groups is 3. The highest BCUT2D eigenvalue weighted by molar-refractivity contribution is 5.74. The van der Waals surface area contributed by atoms with Crippen molar-refractivity contribution in [1.29, 1.82) is 0 Å². The number of aliphatic carboxylic acids is 2. The van der Waals surface area contributed by atoms with Crippen molar-refractivity contribution in [3.8, 4) is 22.9 Å². The second-order valence-corrected chi connectivity index (χ2v) is 17.6. The zero-order valence-electron chi connectivity index (χ0n) is 40.9. The van der Waals surface area contributed by atoms with Crippen LogP contribution in [0.15, 0.2) is 85.7 Å². The fraction of sp³-hybridized carbons (Fsp3) is 0.396. The van der Waals surface area contributed by atoms with Crippen LogP contribution in [0.2, 0.25) is 0 Å². The number of rotatable bonds is 26. The minimum atomic E-state index is -0.798. The number of carboxylic acid groups (broad SMARTS) is 2. The average Bonchev–Trinajstić information content (AvgIpc) is 4.20. The monoisotopic (exact) mass is 1000 g/mol. The number of nitrogens with one attached hydrogen (secondary N) is 2. The number of esters is 1. The number of nitrogens with two attached hydrogens (primary N) is 1. The van der Waals surface area contributed by atoms with E-state index in [0.29, 0.717) is 116 Å². The lowest BCUT2D eigenvalue weighted by Crippen LogP contribution is -2.23. The Bertz CT molecular complexity index is 3030. The first-order valence-electron chi connectivity index (χ1n) is 23.9. The maximum Gasteiger partial charge on any atom is 0.306 e. The lowest BCUT2D eigenvalue weighted by molar-refractivity contribution is -0.155. The molecule has 0 radical (unpaired) electrons. The first kappa shape index (κ1) is 52.2. The Morgan fingerprint density at radius 1 is 0.603 bits per heavy atom. The van der Waals surface area contributed by atoms with E-state index in [1.54, 1.807) is 38.8 Å². The largest absolute Gasteiger partial charge is 0.494 e. The van der Waals surface area contributed by atoms with Crippen molar-refractivity contribution >= 4 is 63.5 Å². The molecule has 0 bridgehead atoms. The predicted molar refractivity (Wildman–Crippen MR) is 267 cm³/mol. The zero-order chi connectivity index (χ0) is 51.6. The van der Waals surface area contributed by atoms with Gasteiger partial charge in [0.25, 0.3) is 0 Å². The molecule has 8 aromatic rings. The molecule has 0 aliphatic heterocycles. The molecule has 0 aliphatic carbocycles. The first-order chi connectivity index (χ1) is 35.3. The number of carboxylic acids is 2. The molecule has 6 N–H and O–H groups in total. The van der Waals surface area contributed by atoms with Gasteiger partial charge in [-0.05, 0) is 121 Å². The molecule has 25 nitrogen and oxygen atoms in total. The standard InChI is InChI=1S/C27H34N8O5.C21H25N9O3/c1-27(2,3)40-24(38)9-4-6-14-34-18-20(16-29-34)35-25-22(32-33-35)17-28-26(31-25)30-19-10-12-21(13-11-19)39-15-7-5-8-23(36)37;22-9-3-10-29-14-16(12-24-29)30-20-18(27-28-30)13-23-21(26-20)25-15-5-7-17(8-6-15)33-11-2-1-4-19(31)32/h10-13,16-18H,4-9,14-15H2,1-3H3,(H,36,37)(H,28,30,31);5-8,12-14H,1-4,9-11,22H2,(H,31,32)(H,23,25,26). The molecule has 73 heavy (non-hydrogen) atoms. The maximum absolute atomic E-state index is 11.9. The smallest absolute Gasteiger partial charge is 0.306 e. The number of anilines is 4. The minimum absolute atomic E-state index is 0.144. The molecule has 0 unspecified atom stereocenters. The van der Waals surface area contributed by atoms with E-state index >= 15 is 0 Å². The van der Waals surface area contributed by atoms with Crippen LogP contribution in [0.5, 0.6) is 11.5 Å². The first-order valence-corrected chi connectivity index (χ1v) is 23.9. The Morgan fingerprint density at radius 3 is 1.49 bits per heavy atom. The van der Waals surface area contributed by atoms with Crippen LogP contribution in [0.25, 0.3) is 33.7 Å². The third kappa shape index (κ3) is 16.2. The van der Waals surface area contributed by atoms with Crippen LogP contribution in [0, 0.1) is 0 Å². The number of aromatic nitrogens is 14. The van der Waals surface area contributed by atoms with Crippen LogP contribution in [-0.4, -0.2) is 123 Å². The number of aryl methyl sites for hydroxylation is 2. The van der Waals surface area contributed by atoms with Gasteiger partial charge in [0.15, 0.2) is 22.3 Å². The molecule has 0 atom stereocenters. The molecule has 0 fully saturated rings. The molecule has 6 heterocycles. The second kappa shape index (κ2) is 25.5. The van der Waals surface area contributed by atoms with Crippen molar-refractivity contribution < 1.29 is 38.8 Å². The van der Waals surface area contributed by atoms with Gasteiger partial charge in [0.05, 0.1) is 50.4 Å². The van der Waals surface area contributed by atoms with E-state index in [1.807, 2.05) is 86.4 Å². The minimum Gasteiger partial charge on any atom is -0.494 e. The fourth-order valence-electron chi connectivity index (χ4n) is 6.95. The molecule has 25 heteroatoms. The van der Waals surface area contributed by atoms with Gasteiger partial charge in [-0.3, -0.25) is 23.7 Å². The van der Waals surface area contributed by atoms with Crippen molar-refractivity contribution in [1.82, 2.24) is 69.5 Å². The average molecular weight is 1000 g/mol. The molecular formula is C48H59N17O8. The summed E-state index contributed by atoms with van der Waals surface area (Å²) in [6, 6.07) is 14.7. The molecule has 384 valence electrons. The number of ether oxygens (including phenoxy) is 3. The lowest BCUT2D eigenvalue weighted by atomic mass is 10.2. The molecular weight excluding hydrogens is 943 g/mol. The topological polar surface area (TPSA) is 318 Å². The maximum atomic E-state index is 11.9. The summed E-state index contributed by atoms with van der Waals surface area (Å²) in [7, 11) is 0. The van der Waals surface area contributed by atoms with Crippen LogP contribution in [-0.2, 0) is 32.2 Å². The summed E-state index contributed by atoms with van der Waals surface area (Å²) < 4.78 is 23.5. The lowest BCUT2D eigenvalue weighted by Gasteiger charge is -2.19. The quantitative estimate of drug-likeness (QED) is 0.0288. The Labute approximate surface area is 419 Å². The van der Waals surface area contributed by atoms with Crippen LogP contribution >= 0.6 is 0 Å². The van der Waals surface area contributed by atoms with Crippen LogP contribution in [0.3, 0.4) is 0 Å². The van der Waals surface area contributed by atoms with E-state index in [-0.39, 0.29) is 18.8 Å². The van der Waals surface area contributed by atoms with Crippen LogP contribution in [0.4, 0.5) is 23.3 Å². The molecule has 8 rings (SSSR count). The van der Waals surface area contributed by atoms with E-state index in [1.165, 1.54) is 0 Å². The van der Waals surface area contributed by atoms with Gasteiger partial charge in [-0.2, -0.15) is 29.5 Å². The Kier molecular flexibility index (Phi) is 18.2. The summed E-state index contributed by atoms with van der Waals surface area (Å²) in [5, 5.41) is 49.1. The highest BCUT2D eigenvalue weighted by Gasteiger charge is 2.17. The highest BCUT2D eigenvalue weighted by atomic mass is 16.6. The van der Waals surface area contributed by atoms with Crippen LogP contribution in [0.1, 0.15) is 85.0 Å². The van der Waals surface area contributed by atoms with E-state index in [2.05, 4.69) is 61.4 Å². The van der Waals surface area contributed by atoms with E-state index < -0.39 is 17.5 Å². The number of fused-ring (bicyclic) bond motifs is 2. The fourth-order valence-corrected chi connectivity index (χ4v) is 6.95. The number of hydrogen-bond donors (Lipinski definition) is 5. The van der Waals surface area contributed by atoms with E-state index in [0.717, 1.165) is 36.4 Å². The van der Waals surface area contributed by atoms with Gasteiger partial charge >= 0.3 is 17.9 Å². The SMILES string of the molecule is CC(C)(C)OC(=O)CCCCn1cc(-n2nnc3cnc(Nc4ccc(OCCCCC(=O)O)cc4)nc32)cn1.NCCCn1cc(-n2nnc3cnc(Nc4ccc(OCCCCC(=O)O)cc4)nc32)cn1. The third-order valence-electron chi connectivity index (χ3n) is 10.5. The normalized spacial score (nSPS) is 11.3. The van der Waals surface area contributed by atoms with Gasteiger partial charge in [-0.15, -0.1) is 10.2 Å². The molecule has 0 saturated carbocycles. The number of nitrogens with zero attached hydrogens (tertiary/aromatic N) is 14.